The Kier molecular flexibility index (Phi) is 3.58. The molecule has 6 heteroatoms. The Morgan fingerprint density at radius 3 is 2.62 bits per heavy atom. The van der Waals surface area contributed by atoms with E-state index in [1.807, 2.05) is 24.3 Å². The van der Waals surface area contributed by atoms with Gasteiger partial charge in [0, 0.05) is 5.56 Å². The topological polar surface area (TPSA) is 69.6 Å². The van der Waals surface area contributed by atoms with Crippen molar-refractivity contribution in [3.8, 4) is 17.1 Å². The Morgan fingerprint density at radius 2 is 1.90 bits per heavy atom. The molecule has 0 fully saturated rings. The number of rotatable bonds is 3. The van der Waals surface area contributed by atoms with Crippen LogP contribution < -0.4 is 5.73 Å². The van der Waals surface area contributed by atoms with Crippen molar-refractivity contribution in [2.45, 2.75) is 13.3 Å². The molecule has 0 aliphatic carbocycles. The molecule has 0 atom stereocenters. The maximum Gasteiger partial charge on any atom is 0.188 e. The number of hydrogen-bond acceptors (Lipinski definition) is 4. The highest BCUT2D eigenvalue weighted by molar-refractivity contribution is 6.35. The van der Waals surface area contributed by atoms with E-state index in [2.05, 4.69) is 34.6 Å². The van der Waals surface area contributed by atoms with Crippen LogP contribution in [-0.4, -0.2) is 20.2 Å². The molecule has 0 amide bonds. The number of nitrogen functional groups attached to an aromatic ring is 1. The molecule has 0 bridgehead atoms. The zero-order valence-corrected chi connectivity index (χ0v) is 12.2. The largest absolute Gasteiger partial charge is 0.398 e. The fourth-order valence-corrected chi connectivity index (χ4v) is 2.33. The summed E-state index contributed by atoms with van der Waals surface area (Å²) >= 11 is 6.26. The van der Waals surface area contributed by atoms with Gasteiger partial charge in [-0.1, -0.05) is 36.7 Å². The number of tetrazole rings is 1. The van der Waals surface area contributed by atoms with Crippen LogP contribution in [-0.2, 0) is 6.42 Å². The fraction of sp³-hybridized carbons (Fsp3) is 0.133. The molecule has 0 saturated carbocycles. The number of anilines is 1. The van der Waals surface area contributed by atoms with Gasteiger partial charge >= 0.3 is 0 Å². The molecule has 0 aliphatic rings. The third-order valence-electron chi connectivity index (χ3n) is 3.33. The number of nitrogens with two attached hydrogens (primary N) is 1. The first-order valence-electron chi connectivity index (χ1n) is 6.62. The van der Waals surface area contributed by atoms with E-state index in [1.165, 1.54) is 5.56 Å². The van der Waals surface area contributed by atoms with Crippen molar-refractivity contribution >= 4 is 17.3 Å². The molecule has 106 valence electrons. The predicted molar refractivity (Wildman–Crippen MR) is 83.4 cm³/mol. The summed E-state index contributed by atoms with van der Waals surface area (Å²) in [5.74, 6) is 0.566. The first kappa shape index (κ1) is 13.6. The lowest BCUT2D eigenvalue weighted by Gasteiger charge is -2.08. The van der Waals surface area contributed by atoms with E-state index in [1.54, 1.807) is 10.7 Å². The van der Waals surface area contributed by atoms with Gasteiger partial charge in [0.1, 0.15) is 0 Å². The summed E-state index contributed by atoms with van der Waals surface area (Å²) in [7, 11) is 0. The highest BCUT2D eigenvalue weighted by Gasteiger charge is 2.15. The molecule has 0 aliphatic heterocycles. The highest BCUT2D eigenvalue weighted by Crippen LogP contribution is 2.31. The summed E-state index contributed by atoms with van der Waals surface area (Å²) in [5.41, 5.74) is 9.20. The van der Waals surface area contributed by atoms with Crippen LogP contribution in [0.25, 0.3) is 17.1 Å². The number of hydrogen-bond donors (Lipinski definition) is 1. The van der Waals surface area contributed by atoms with Crippen molar-refractivity contribution in [1.82, 2.24) is 20.2 Å². The van der Waals surface area contributed by atoms with E-state index in [0.717, 1.165) is 12.1 Å². The zero-order chi connectivity index (χ0) is 14.8. The minimum atomic E-state index is 0.457. The number of aryl methyl sites for hydroxylation is 1. The summed E-state index contributed by atoms with van der Waals surface area (Å²) < 4.78 is 1.65. The Hall–Kier alpha value is -2.40. The average Bonchev–Trinajstić information content (AvgIpc) is 2.99. The summed E-state index contributed by atoms with van der Waals surface area (Å²) in [6.45, 7) is 2.12. The molecule has 1 heterocycles. The van der Waals surface area contributed by atoms with Crippen LogP contribution in [0.1, 0.15) is 12.5 Å². The predicted octanol–water partition coefficient (Wildman–Crippen LogP) is 3.13. The minimum Gasteiger partial charge on any atom is -0.398 e. The molecule has 0 saturated heterocycles. The SMILES string of the molecule is CCc1ccc(-n2nnnc2-c2cccc(N)c2Cl)cc1. The quantitative estimate of drug-likeness (QED) is 0.754. The lowest BCUT2D eigenvalue weighted by molar-refractivity contribution is 0.791. The third-order valence-corrected chi connectivity index (χ3v) is 3.75. The van der Waals surface area contributed by atoms with Gasteiger partial charge in [-0.05, 0) is 46.7 Å². The maximum absolute atomic E-state index is 6.26. The van der Waals surface area contributed by atoms with Crippen LogP contribution in [0.2, 0.25) is 5.02 Å². The van der Waals surface area contributed by atoms with Gasteiger partial charge in [-0.15, -0.1) is 5.10 Å². The minimum absolute atomic E-state index is 0.457. The van der Waals surface area contributed by atoms with Crippen LogP contribution >= 0.6 is 11.6 Å². The lowest BCUT2D eigenvalue weighted by atomic mass is 10.1. The monoisotopic (exact) mass is 299 g/mol. The molecule has 3 aromatic rings. The van der Waals surface area contributed by atoms with Crippen LogP contribution in [0.15, 0.2) is 42.5 Å². The maximum atomic E-state index is 6.26. The van der Waals surface area contributed by atoms with Crippen molar-refractivity contribution in [3.05, 3.63) is 53.1 Å². The van der Waals surface area contributed by atoms with Crippen LogP contribution in [0.5, 0.6) is 0 Å². The summed E-state index contributed by atoms with van der Waals surface area (Å²) in [5, 5.41) is 12.3. The van der Waals surface area contributed by atoms with Gasteiger partial charge in [-0.25, -0.2) is 0 Å². The van der Waals surface area contributed by atoms with E-state index in [9.17, 15) is 0 Å². The summed E-state index contributed by atoms with van der Waals surface area (Å²) in [4.78, 5) is 0. The molecular formula is C15H14ClN5. The van der Waals surface area contributed by atoms with E-state index < -0.39 is 0 Å². The van der Waals surface area contributed by atoms with Gasteiger partial charge in [0.2, 0.25) is 0 Å². The fourth-order valence-electron chi connectivity index (χ4n) is 2.12. The van der Waals surface area contributed by atoms with Crippen molar-refractivity contribution in [3.63, 3.8) is 0 Å². The Balaban J connectivity index is 2.10. The second-order valence-electron chi connectivity index (χ2n) is 4.64. The first-order chi connectivity index (χ1) is 10.2. The Morgan fingerprint density at radius 1 is 1.14 bits per heavy atom. The Bertz CT molecular complexity index is 764. The average molecular weight is 300 g/mol. The van der Waals surface area contributed by atoms with Gasteiger partial charge in [0.15, 0.2) is 5.82 Å². The number of nitrogens with zero attached hydrogens (tertiary/aromatic N) is 4. The van der Waals surface area contributed by atoms with Crippen molar-refractivity contribution in [2.24, 2.45) is 0 Å². The molecule has 0 radical (unpaired) electrons. The second kappa shape index (κ2) is 5.54. The van der Waals surface area contributed by atoms with Crippen molar-refractivity contribution in [1.29, 1.82) is 0 Å². The molecule has 1 aromatic heterocycles. The molecule has 2 N–H and O–H groups in total. The third kappa shape index (κ3) is 2.48. The second-order valence-corrected chi connectivity index (χ2v) is 5.02. The number of halogens is 1. The zero-order valence-electron chi connectivity index (χ0n) is 11.5. The number of benzene rings is 2. The normalized spacial score (nSPS) is 10.8. The molecule has 21 heavy (non-hydrogen) atoms. The lowest BCUT2D eigenvalue weighted by Crippen LogP contribution is -2.01. The molecule has 0 unspecified atom stereocenters. The van der Waals surface area contributed by atoms with Gasteiger partial charge in [-0.2, -0.15) is 4.68 Å². The van der Waals surface area contributed by atoms with Crippen LogP contribution in [0.4, 0.5) is 5.69 Å². The molecule has 2 aromatic carbocycles. The van der Waals surface area contributed by atoms with Crippen molar-refractivity contribution in [2.75, 3.05) is 5.73 Å². The van der Waals surface area contributed by atoms with E-state index in [-0.39, 0.29) is 0 Å². The standard InChI is InChI=1S/C15H14ClN5/c1-2-10-6-8-11(9-7-10)21-15(18-19-20-21)12-4-3-5-13(17)14(12)16/h3-9H,2,17H2,1H3. The Labute approximate surface area is 127 Å². The summed E-state index contributed by atoms with van der Waals surface area (Å²) in [6, 6.07) is 13.5. The van der Waals surface area contributed by atoms with E-state index in [4.69, 9.17) is 17.3 Å². The van der Waals surface area contributed by atoms with Crippen LogP contribution in [0, 0.1) is 0 Å². The van der Waals surface area contributed by atoms with Gasteiger partial charge in [0.05, 0.1) is 16.4 Å². The smallest absolute Gasteiger partial charge is 0.188 e. The first-order valence-corrected chi connectivity index (χ1v) is 7.00. The number of aromatic nitrogens is 4. The van der Waals surface area contributed by atoms with Crippen molar-refractivity contribution < 1.29 is 0 Å². The highest BCUT2D eigenvalue weighted by atomic mass is 35.5. The molecule has 0 spiro atoms. The molecule has 3 rings (SSSR count). The van der Waals surface area contributed by atoms with Crippen LogP contribution in [0.3, 0.4) is 0 Å². The van der Waals surface area contributed by atoms with E-state index in [0.29, 0.717) is 22.1 Å². The summed E-state index contributed by atoms with van der Waals surface area (Å²) in [6.07, 6.45) is 0.990. The van der Waals surface area contributed by atoms with E-state index >= 15 is 0 Å². The van der Waals surface area contributed by atoms with Gasteiger partial charge in [0.25, 0.3) is 0 Å². The molecule has 5 nitrogen and oxygen atoms in total. The van der Waals surface area contributed by atoms with Gasteiger partial charge in [-0.3, -0.25) is 0 Å². The van der Waals surface area contributed by atoms with Gasteiger partial charge < -0.3 is 5.73 Å². The molecular weight excluding hydrogens is 286 g/mol.